The van der Waals surface area contributed by atoms with Crippen molar-refractivity contribution in [1.82, 2.24) is 30.1 Å². The van der Waals surface area contributed by atoms with Crippen molar-refractivity contribution in [2.75, 3.05) is 13.7 Å². The fourth-order valence-electron chi connectivity index (χ4n) is 2.64. The molecule has 0 saturated heterocycles. The summed E-state index contributed by atoms with van der Waals surface area (Å²) in [5.74, 6) is 0.174. The molecule has 0 fully saturated rings. The normalized spacial score (nSPS) is 11.0. The lowest BCUT2D eigenvalue weighted by atomic mass is 10.2. The van der Waals surface area contributed by atoms with Gasteiger partial charge in [-0.25, -0.2) is 9.07 Å². The van der Waals surface area contributed by atoms with E-state index >= 15 is 0 Å². The van der Waals surface area contributed by atoms with Gasteiger partial charge in [0.2, 0.25) is 5.82 Å². The maximum Gasteiger partial charge on any atom is 0.280 e. The summed E-state index contributed by atoms with van der Waals surface area (Å²) >= 11 is 0. The third-order valence-electron chi connectivity index (χ3n) is 3.94. The van der Waals surface area contributed by atoms with Crippen LogP contribution in [0.2, 0.25) is 0 Å². The maximum absolute atomic E-state index is 14.2. The Morgan fingerprint density at radius 3 is 2.85 bits per heavy atom. The van der Waals surface area contributed by atoms with E-state index in [1.165, 1.54) is 10.7 Å². The summed E-state index contributed by atoms with van der Waals surface area (Å²) in [5, 5.41) is 12.2. The molecular weight excluding hydrogens is 351 g/mol. The number of hydrogen-bond donors (Lipinski definition) is 0. The third-order valence-corrected chi connectivity index (χ3v) is 3.94. The number of rotatable bonds is 6. The van der Waals surface area contributed by atoms with E-state index < -0.39 is 5.82 Å². The highest BCUT2D eigenvalue weighted by molar-refractivity contribution is 5.58. The second-order valence-corrected chi connectivity index (χ2v) is 5.66. The number of hydrogen-bond acceptors (Lipinski definition) is 7. The van der Waals surface area contributed by atoms with Crippen LogP contribution in [0.1, 0.15) is 5.69 Å². The summed E-state index contributed by atoms with van der Waals surface area (Å²) in [6.45, 7) is 0.401. The molecule has 136 valence electrons. The molecule has 0 unspecified atom stereocenters. The van der Waals surface area contributed by atoms with Crippen LogP contribution in [-0.4, -0.2) is 43.8 Å². The van der Waals surface area contributed by atoms with E-state index in [-0.39, 0.29) is 11.6 Å². The molecule has 27 heavy (non-hydrogen) atoms. The lowest BCUT2D eigenvalue weighted by Gasteiger charge is -2.07. The predicted molar refractivity (Wildman–Crippen MR) is 93.4 cm³/mol. The first-order valence-electron chi connectivity index (χ1n) is 8.21. The number of benzene rings is 1. The summed E-state index contributed by atoms with van der Waals surface area (Å²) in [6, 6.07) is 9.94. The van der Waals surface area contributed by atoms with Crippen molar-refractivity contribution in [1.29, 1.82) is 0 Å². The first-order chi connectivity index (χ1) is 13.3. The van der Waals surface area contributed by atoms with E-state index in [0.717, 1.165) is 0 Å². The zero-order valence-electron chi connectivity index (χ0n) is 14.4. The van der Waals surface area contributed by atoms with E-state index in [4.69, 9.17) is 9.26 Å². The van der Waals surface area contributed by atoms with Gasteiger partial charge in [0.25, 0.3) is 5.89 Å². The molecule has 0 aliphatic heterocycles. The van der Waals surface area contributed by atoms with Gasteiger partial charge >= 0.3 is 0 Å². The van der Waals surface area contributed by atoms with Gasteiger partial charge in [-0.15, -0.1) is 5.10 Å². The SMILES string of the molecule is COCCc1c(-c2nc(-c3cccnc3)no2)nnn1-c1ccccc1F. The Morgan fingerprint density at radius 1 is 1.19 bits per heavy atom. The maximum atomic E-state index is 14.2. The Labute approximate surface area is 153 Å². The van der Waals surface area contributed by atoms with Crippen molar-refractivity contribution in [2.24, 2.45) is 0 Å². The van der Waals surface area contributed by atoms with Gasteiger partial charge in [0, 0.05) is 31.5 Å². The highest BCUT2D eigenvalue weighted by Crippen LogP contribution is 2.25. The number of para-hydroxylation sites is 1. The zero-order chi connectivity index (χ0) is 18.6. The topological polar surface area (TPSA) is 91.8 Å². The molecule has 0 N–H and O–H groups in total. The minimum atomic E-state index is -0.408. The molecule has 3 aromatic heterocycles. The van der Waals surface area contributed by atoms with Gasteiger partial charge in [0.05, 0.1) is 12.3 Å². The second-order valence-electron chi connectivity index (χ2n) is 5.66. The Morgan fingerprint density at radius 2 is 2.07 bits per heavy atom. The van der Waals surface area contributed by atoms with E-state index in [0.29, 0.717) is 35.8 Å². The van der Waals surface area contributed by atoms with E-state index in [1.807, 2.05) is 6.07 Å². The number of nitrogens with zero attached hydrogens (tertiary/aromatic N) is 6. The van der Waals surface area contributed by atoms with Crippen LogP contribution in [-0.2, 0) is 11.2 Å². The average molecular weight is 366 g/mol. The van der Waals surface area contributed by atoms with Gasteiger partial charge in [-0.05, 0) is 24.3 Å². The van der Waals surface area contributed by atoms with Gasteiger partial charge in [-0.1, -0.05) is 22.5 Å². The molecule has 8 nitrogen and oxygen atoms in total. The van der Waals surface area contributed by atoms with Gasteiger partial charge < -0.3 is 9.26 Å². The zero-order valence-corrected chi connectivity index (χ0v) is 14.4. The molecule has 0 amide bonds. The Hall–Kier alpha value is -3.46. The minimum Gasteiger partial charge on any atom is -0.384 e. The molecule has 0 atom stereocenters. The van der Waals surface area contributed by atoms with Crippen LogP contribution in [0.25, 0.3) is 28.7 Å². The van der Waals surface area contributed by atoms with Crippen molar-refractivity contribution in [3.63, 3.8) is 0 Å². The Balaban J connectivity index is 1.77. The fraction of sp³-hybridized carbons (Fsp3) is 0.167. The summed E-state index contributed by atoms with van der Waals surface area (Å²) in [7, 11) is 1.59. The first-order valence-corrected chi connectivity index (χ1v) is 8.21. The van der Waals surface area contributed by atoms with Crippen LogP contribution in [0, 0.1) is 5.82 Å². The number of pyridine rings is 1. The van der Waals surface area contributed by atoms with Crippen molar-refractivity contribution >= 4 is 0 Å². The highest BCUT2D eigenvalue weighted by atomic mass is 19.1. The monoisotopic (exact) mass is 366 g/mol. The van der Waals surface area contributed by atoms with E-state index in [2.05, 4.69) is 25.4 Å². The Kier molecular flexibility index (Phi) is 4.67. The highest BCUT2D eigenvalue weighted by Gasteiger charge is 2.22. The molecule has 9 heteroatoms. The lowest BCUT2D eigenvalue weighted by molar-refractivity contribution is 0.201. The van der Waals surface area contributed by atoms with Crippen molar-refractivity contribution < 1.29 is 13.7 Å². The van der Waals surface area contributed by atoms with Gasteiger partial charge in [0.15, 0.2) is 5.69 Å². The largest absolute Gasteiger partial charge is 0.384 e. The van der Waals surface area contributed by atoms with Crippen LogP contribution in [0.3, 0.4) is 0 Å². The fourth-order valence-corrected chi connectivity index (χ4v) is 2.64. The summed E-state index contributed by atoms with van der Waals surface area (Å²) in [4.78, 5) is 8.42. The first kappa shape index (κ1) is 17.0. The summed E-state index contributed by atoms with van der Waals surface area (Å²) in [6.07, 6.45) is 3.74. The van der Waals surface area contributed by atoms with Crippen molar-refractivity contribution in [3.05, 3.63) is 60.3 Å². The number of ether oxygens (including phenoxy) is 1. The quantitative estimate of drug-likeness (QED) is 0.518. The van der Waals surface area contributed by atoms with Gasteiger partial charge in [-0.3, -0.25) is 4.98 Å². The summed E-state index contributed by atoms with van der Waals surface area (Å²) < 4.78 is 26.2. The van der Waals surface area contributed by atoms with Gasteiger partial charge in [-0.2, -0.15) is 4.98 Å². The molecule has 1 aromatic carbocycles. The summed E-state index contributed by atoms with van der Waals surface area (Å²) in [5.41, 5.74) is 2.00. The van der Waals surface area contributed by atoms with Crippen molar-refractivity contribution in [3.8, 4) is 28.7 Å². The molecule has 0 aliphatic carbocycles. The molecule has 3 heterocycles. The van der Waals surface area contributed by atoms with Gasteiger partial charge in [0.1, 0.15) is 11.5 Å². The minimum absolute atomic E-state index is 0.197. The van der Waals surface area contributed by atoms with Crippen LogP contribution in [0.5, 0.6) is 0 Å². The molecule has 0 bridgehead atoms. The molecule has 0 aliphatic rings. The molecule has 0 radical (unpaired) electrons. The van der Waals surface area contributed by atoms with Crippen LogP contribution >= 0.6 is 0 Å². The van der Waals surface area contributed by atoms with E-state index in [1.54, 1.807) is 43.8 Å². The third kappa shape index (κ3) is 3.32. The molecule has 4 rings (SSSR count). The number of aromatic nitrogens is 6. The second kappa shape index (κ2) is 7.42. The standard InChI is InChI=1S/C18H15FN6O2/c1-26-10-8-15-16(22-24-25(15)14-7-3-2-6-13(14)19)18-21-17(23-27-18)12-5-4-9-20-11-12/h2-7,9,11H,8,10H2,1H3. The average Bonchev–Trinajstić information content (AvgIpc) is 3.34. The molecular formula is C18H15FN6O2. The van der Waals surface area contributed by atoms with Crippen LogP contribution < -0.4 is 0 Å². The molecule has 0 spiro atoms. The molecule has 4 aromatic rings. The van der Waals surface area contributed by atoms with E-state index in [9.17, 15) is 4.39 Å². The number of halogens is 1. The number of methoxy groups -OCH3 is 1. The smallest absolute Gasteiger partial charge is 0.280 e. The predicted octanol–water partition coefficient (Wildman–Crippen LogP) is 2.71. The van der Waals surface area contributed by atoms with Crippen molar-refractivity contribution in [2.45, 2.75) is 6.42 Å². The van der Waals surface area contributed by atoms with Crippen LogP contribution in [0.4, 0.5) is 4.39 Å². The molecule has 0 saturated carbocycles. The van der Waals surface area contributed by atoms with Crippen LogP contribution in [0.15, 0.2) is 53.3 Å². The Bertz CT molecular complexity index is 1050. The lowest BCUT2D eigenvalue weighted by Crippen LogP contribution is -2.07.